The Balaban J connectivity index is 1.77. The van der Waals surface area contributed by atoms with Crippen LogP contribution in [0.3, 0.4) is 0 Å². The van der Waals surface area contributed by atoms with Crippen LogP contribution in [0.4, 0.5) is 16.0 Å². The molecule has 0 spiro atoms. The monoisotopic (exact) mass is 555 g/mol. The van der Waals surface area contributed by atoms with Crippen molar-refractivity contribution < 1.29 is 22.3 Å². The van der Waals surface area contributed by atoms with Crippen molar-refractivity contribution in [1.82, 2.24) is 14.7 Å². The van der Waals surface area contributed by atoms with E-state index in [1.54, 1.807) is 12.1 Å². The average molecular weight is 556 g/mol. The van der Waals surface area contributed by atoms with Gasteiger partial charge in [-0.2, -0.15) is 8.42 Å². The van der Waals surface area contributed by atoms with E-state index in [1.807, 2.05) is 32.6 Å². The number of carbonyl (C=O) groups is 1. The molecule has 1 saturated heterocycles. The lowest BCUT2D eigenvalue weighted by Gasteiger charge is -2.36. The van der Waals surface area contributed by atoms with Crippen molar-refractivity contribution in [2.75, 3.05) is 23.8 Å². The number of hydrogen-bond donors (Lipinski definition) is 2. The van der Waals surface area contributed by atoms with Crippen LogP contribution in [0.5, 0.6) is 5.75 Å². The Morgan fingerprint density at radius 1 is 1.21 bits per heavy atom. The zero-order chi connectivity index (χ0) is 28.5. The number of halogens is 1. The average Bonchev–Trinajstić information content (AvgIpc) is 3.13. The summed E-state index contributed by atoms with van der Waals surface area (Å²) in [5, 5.41) is -0.370. The standard InChI is InChI=1S/C28H34FN5O4S/c1-17(2)16-38-21-14-19(13-20(29)15-21)23-10-9-22(26(31-23)34-12-11-18(3)28(34,4)5)27(35)33-39(36,37)25-8-6-7-24(30)32-25/h6-10,13-15,17-18H,11-12,16H2,1-5H3,(H2,30,32)(H,33,35). The molecule has 39 heavy (non-hydrogen) atoms. The lowest BCUT2D eigenvalue weighted by Crippen LogP contribution is -2.43. The molecule has 1 amide bonds. The summed E-state index contributed by atoms with van der Waals surface area (Å²) >= 11 is 0. The van der Waals surface area contributed by atoms with Crippen molar-refractivity contribution in [3.8, 4) is 17.0 Å². The number of sulfonamides is 1. The second-order valence-electron chi connectivity index (χ2n) is 10.8. The molecule has 0 aliphatic carbocycles. The van der Waals surface area contributed by atoms with E-state index in [9.17, 15) is 17.6 Å². The normalized spacial score (nSPS) is 16.9. The molecule has 2 aromatic heterocycles. The molecule has 0 radical (unpaired) electrons. The molecule has 1 fully saturated rings. The van der Waals surface area contributed by atoms with Crippen LogP contribution < -0.4 is 20.1 Å². The highest BCUT2D eigenvalue weighted by atomic mass is 32.2. The number of aromatic nitrogens is 2. The highest BCUT2D eigenvalue weighted by Crippen LogP contribution is 2.39. The van der Waals surface area contributed by atoms with E-state index in [0.29, 0.717) is 36.0 Å². The van der Waals surface area contributed by atoms with Gasteiger partial charge in [-0.3, -0.25) is 4.79 Å². The lowest BCUT2D eigenvalue weighted by atomic mass is 9.90. The molecule has 0 bridgehead atoms. The van der Waals surface area contributed by atoms with Crippen molar-refractivity contribution in [3.63, 3.8) is 0 Å². The lowest BCUT2D eigenvalue weighted by molar-refractivity contribution is 0.0981. The third-order valence-electron chi connectivity index (χ3n) is 7.06. The SMILES string of the molecule is CC(C)COc1cc(F)cc(-c2ccc(C(=O)NS(=O)(=O)c3cccc(N)n3)c(N3CCC(C)C3(C)C)n2)c1. The Kier molecular flexibility index (Phi) is 7.83. The molecule has 4 rings (SSSR count). The highest BCUT2D eigenvalue weighted by Gasteiger charge is 2.41. The number of ether oxygens (including phenoxy) is 1. The third kappa shape index (κ3) is 6.13. The van der Waals surface area contributed by atoms with Gasteiger partial charge in [0.15, 0.2) is 5.03 Å². The summed E-state index contributed by atoms with van der Waals surface area (Å²) in [5.41, 5.74) is 6.23. The van der Waals surface area contributed by atoms with E-state index < -0.39 is 21.7 Å². The van der Waals surface area contributed by atoms with E-state index in [0.717, 1.165) is 6.42 Å². The molecule has 3 heterocycles. The Bertz CT molecular complexity index is 1490. The zero-order valence-corrected chi connectivity index (χ0v) is 23.5. The fourth-order valence-electron chi connectivity index (χ4n) is 4.47. The van der Waals surface area contributed by atoms with Crippen molar-refractivity contribution >= 4 is 27.6 Å². The van der Waals surface area contributed by atoms with E-state index in [1.165, 1.54) is 36.4 Å². The predicted octanol–water partition coefficient (Wildman–Crippen LogP) is 4.64. The van der Waals surface area contributed by atoms with Crippen molar-refractivity contribution in [2.24, 2.45) is 11.8 Å². The van der Waals surface area contributed by atoms with Crippen LogP contribution in [0.15, 0.2) is 53.6 Å². The fraction of sp³-hybridized carbons (Fsp3) is 0.393. The summed E-state index contributed by atoms with van der Waals surface area (Å²) in [6, 6.07) is 11.6. The van der Waals surface area contributed by atoms with Crippen LogP contribution in [0.25, 0.3) is 11.3 Å². The van der Waals surface area contributed by atoms with E-state index in [-0.39, 0.29) is 33.8 Å². The molecule has 1 aliphatic heterocycles. The molecule has 1 unspecified atom stereocenters. The van der Waals surface area contributed by atoms with Gasteiger partial charge in [-0.1, -0.05) is 26.8 Å². The number of nitrogens with two attached hydrogens (primary N) is 1. The van der Waals surface area contributed by atoms with E-state index >= 15 is 0 Å². The minimum absolute atomic E-state index is 0.0108. The molecule has 208 valence electrons. The second kappa shape index (κ2) is 10.8. The van der Waals surface area contributed by atoms with Crippen LogP contribution in [-0.2, 0) is 10.0 Å². The van der Waals surface area contributed by atoms with Crippen LogP contribution >= 0.6 is 0 Å². The minimum Gasteiger partial charge on any atom is -0.493 e. The molecule has 1 aliphatic rings. The smallest absolute Gasteiger partial charge is 0.281 e. The molecule has 11 heteroatoms. The van der Waals surface area contributed by atoms with E-state index in [2.05, 4.69) is 16.6 Å². The summed E-state index contributed by atoms with van der Waals surface area (Å²) in [4.78, 5) is 24.0. The molecule has 1 atom stereocenters. The maximum absolute atomic E-state index is 14.5. The predicted molar refractivity (Wildman–Crippen MR) is 148 cm³/mol. The minimum atomic E-state index is -4.30. The topological polar surface area (TPSA) is 128 Å². The number of nitrogen functional groups attached to an aromatic ring is 1. The number of hydrogen-bond acceptors (Lipinski definition) is 8. The van der Waals surface area contributed by atoms with Gasteiger partial charge in [0.05, 0.1) is 17.9 Å². The van der Waals surface area contributed by atoms with Gasteiger partial charge in [0.1, 0.15) is 23.2 Å². The zero-order valence-electron chi connectivity index (χ0n) is 22.7. The quantitative estimate of drug-likeness (QED) is 0.411. The number of rotatable bonds is 8. The number of carbonyl (C=O) groups excluding carboxylic acids is 1. The van der Waals surface area contributed by atoms with Crippen LogP contribution in [0.2, 0.25) is 0 Å². The number of amides is 1. The van der Waals surface area contributed by atoms with Crippen molar-refractivity contribution in [1.29, 1.82) is 0 Å². The molecular formula is C28H34FN5O4S. The van der Waals surface area contributed by atoms with Gasteiger partial charge in [0, 0.05) is 23.7 Å². The van der Waals surface area contributed by atoms with Gasteiger partial charge in [0.2, 0.25) is 0 Å². The Labute approximate surface area is 228 Å². The van der Waals surface area contributed by atoms with Crippen molar-refractivity contribution in [3.05, 3.63) is 59.9 Å². The third-order valence-corrected chi connectivity index (χ3v) is 8.29. The van der Waals surface area contributed by atoms with Crippen LogP contribution in [0.1, 0.15) is 51.4 Å². The van der Waals surface area contributed by atoms with Gasteiger partial charge in [-0.25, -0.2) is 19.1 Å². The van der Waals surface area contributed by atoms with Gasteiger partial charge in [-0.15, -0.1) is 0 Å². The first-order chi connectivity index (χ1) is 18.3. The maximum atomic E-state index is 14.5. The van der Waals surface area contributed by atoms with E-state index in [4.69, 9.17) is 15.5 Å². The second-order valence-corrected chi connectivity index (χ2v) is 12.4. The van der Waals surface area contributed by atoms with Gasteiger partial charge < -0.3 is 15.4 Å². The largest absolute Gasteiger partial charge is 0.493 e. The molecular weight excluding hydrogens is 521 g/mol. The molecule has 3 N–H and O–H groups in total. The Morgan fingerprint density at radius 3 is 2.59 bits per heavy atom. The first-order valence-corrected chi connectivity index (χ1v) is 14.3. The molecule has 1 aromatic carbocycles. The van der Waals surface area contributed by atoms with Gasteiger partial charge in [-0.05, 0) is 68.5 Å². The number of nitrogens with zero attached hydrogens (tertiary/aromatic N) is 3. The number of benzene rings is 1. The van der Waals surface area contributed by atoms with Crippen molar-refractivity contribution in [2.45, 2.75) is 51.6 Å². The number of pyridine rings is 2. The first kappa shape index (κ1) is 28.3. The summed E-state index contributed by atoms with van der Waals surface area (Å²) < 4.78 is 48.2. The fourth-order valence-corrected chi connectivity index (χ4v) is 5.41. The van der Waals surface area contributed by atoms with Crippen LogP contribution in [-0.4, -0.2) is 43.0 Å². The summed E-state index contributed by atoms with van der Waals surface area (Å²) in [6.07, 6.45) is 0.860. The molecule has 3 aromatic rings. The summed E-state index contributed by atoms with van der Waals surface area (Å²) in [5.74, 6) is -0.0989. The van der Waals surface area contributed by atoms with Gasteiger partial charge >= 0.3 is 0 Å². The number of nitrogens with one attached hydrogen (secondary N) is 1. The van der Waals surface area contributed by atoms with Crippen LogP contribution in [0, 0.1) is 17.7 Å². The first-order valence-electron chi connectivity index (χ1n) is 12.8. The Hall–Kier alpha value is -3.73. The highest BCUT2D eigenvalue weighted by molar-refractivity contribution is 7.90. The summed E-state index contributed by atoms with van der Waals surface area (Å²) in [6.45, 7) is 11.3. The molecule has 0 saturated carbocycles. The van der Waals surface area contributed by atoms with Gasteiger partial charge in [0.25, 0.3) is 15.9 Å². The molecule has 9 nitrogen and oxygen atoms in total. The summed E-state index contributed by atoms with van der Waals surface area (Å²) in [7, 11) is -4.30. The number of anilines is 2. The maximum Gasteiger partial charge on any atom is 0.281 e. The Morgan fingerprint density at radius 2 is 1.95 bits per heavy atom.